The van der Waals surface area contributed by atoms with Crippen LogP contribution in [0.2, 0.25) is 0 Å². The first-order valence-corrected chi connectivity index (χ1v) is 9.00. The molecule has 0 amide bonds. The molecule has 116 valence electrons. The highest BCUT2D eigenvalue weighted by Crippen LogP contribution is 2.39. The predicted molar refractivity (Wildman–Crippen MR) is 88.1 cm³/mol. The van der Waals surface area contributed by atoms with E-state index in [1.54, 1.807) is 0 Å². The van der Waals surface area contributed by atoms with Crippen LogP contribution in [0.25, 0.3) is 0 Å². The van der Waals surface area contributed by atoms with Gasteiger partial charge in [-0.2, -0.15) is 0 Å². The van der Waals surface area contributed by atoms with Crippen LogP contribution in [-0.4, -0.2) is 11.0 Å². The maximum absolute atomic E-state index is 4.14. The number of nitrogens with one attached hydrogen (secondary N) is 1. The van der Waals surface area contributed by atoms with Crippen molar-refractivity contribution in [1.82, 2.24) is 10.3 Å². The van der Waals surface area contributed by atoms with E-state index in [9.17, 15) is 0 Å². The van der Waals surface area contributed by atoms with Gasteiger partial charge < -0.3 is 5.32 Å². The molecule has 2 saturated carbocycles. The van der Waals surface area contributed by atoms with Crippen molar-refractivity contribution in [3.8, 4) is 0 Å². The van der Waals surface area contributed by atoms with Crippen LogP contribution in [0.15, 0.2) is 24.5 Å². The zero-order valence-corrected chi connectivity index (χ0v) is 13.4. The lowest BCUT2D eigenvalue weighted by Gasteiger charge is -2.40. The minimum atomic E-state index is 0.446. The van der Waals surface area contributed by atoms with Gasteiger partial charge in [-0.1, -0.05) is 44.9 Å². The molecule has 0 spiro atoms. The average Bonchev–Trinajstić information content (AvgIpc) is 2.57. The molecule has 2 fully saturated rings. The minimum absolute atomic E-state index is 0.446. The number of aromatic nitrogens is 1. The third kappa shape index (κ3) is 3.85. The van der Waals surface area contributed by atoms with Gasteiger partial charge in [0.25, 0.3) is 0 Å². The summed E-state index contributed by atoms with van der Waals surface area (Å²) in [6, 6.07) is 5.47. The highest BCUT2D eigenvalue weighted by Gasteiger charge is 2.33. The van der Waals surface area contributed by atoms with Crippen LogP contribution in [-0.2, 0) is 0 Å². The molecule has 3 unspecified atom stereocenters. The van der Waals surface area contributed by atoms with E-state index >= 15 is 0 Å². The molecular weight excluding hydrogens is 256 g/mol. The maximum atomic E-state index is 4.14. The average molecular weight is 286 g/mol. The van der Waals surface area contributed by atoms with E-state index in [0.29, 0.717) is 6.04 Å². The largest absolute Gasteiger partial charge is 0.307 e. The van der Waals surface area contributed by atoms with Crippen LogP contribution in [0.1, 0.15) is 76.3 Å². The van der Waals surface area contributed by atoms with Crippen molar-refractivity contribution in [2.75, 3.05) is 0 Å². The Labute approximate surface area is 129 Å². The van der Waals surface area contributed by atoms with Crippen molar-refractivity contribution in [3.63, 3.8) is 0 Å². The van der Waals surface area contributed by atoms with Gasteiger partial charge in [-0.3, -0.25) is 4.98 Å². The number of rotatable bonds is 4. The summed E-state index contributed by atoms with van der Waals surface area (Å²) in [5, 5.41) is 3.95. The summed E-state index contributed by atoms with van der Waals surface area (Å²) in [6.45, 7) is 2.31. The van der Waals surface area contributed by atoms with Gasteiger partial charge in [-0.15, -0.1) is 0 Å². The molecule has 2 aliphatic carbocycles. The lowest BCUT2D eigenvalue weighted by Crippen LogP contribution is -2.43. The first-order chi connectivity index (χ1) is 10.3. The Morgan fingerprint density at radius 3 is 2.38 bits per heavy atom. The highest BCUT2D eigenvalue weighted by atomic mass is 15.0. The SMILES string of the molecule is CC(NC1CCCCC1C1CCCCC1)c1ccncc1. The monoisotopic (exact) mass is 286 g/mol. The van der Waals surface area contributed by atoms with Gasteiger partial charge in [-0.05, 0) is 49.3 Å². The van der Waals surface area contributed by atoms with Crippen LogP contribution >= 0.6 is 0 Å². The van der Waals surface area contributed by atoms with Gasteiger partial charge in [0.1, 0.15) is 0 Å². The van der Waals surface area contributed by atoms with Crippen LogP contribution < -0.4 is 5.32 Å². The summed E-state index contributed by atoms with van der Waals surface area (Å²) in [6.07, 6.45) is 16.9. The molecule has 1 aromatic rings. The predicted octanol–water partition coefficient (Wildman–Crippen LogP) is 4.87. The Kier molecular flexibility index (Phi) is 5.29. The van der Waals surface area contributed by atoms with Crippen molar-refractivity contribution in [1.29, 1.82) is 0 Å². The molecule has 0 aromatic carbocycles. The number of pyridine rings is 1. The zero-order chi connectivity index (χ0) is 14.5. The van der Waals surface area contributed by atoms with Crippen LogP contribution in [0.4, 0.5) is 0 Å². The second-order valence-corrected chi connectivity index (χ2v) is 7.12. The second-order valence-electron chi connectivity index (χ2n) is 7.12. The van der Waals surface area contributed by atoms with Crippen LogP contribution in [0.3, 0.4) is 0 Å². The first-order valence-electron chi connectivity index (χ1n) is 9.00. The van der Waals surface area contributed by atoms with Crippen molar-refractivity contribution in [2.24, 2.45) is 11.8 Å². The molecule has 0 saturated heterocycles. The van der Waals surface area contributed by atoms with E-state index in [1.165, 1.54) is 63.4 Å². The van der Waals surface area contributed by atoms with E-state index in [2.05, 4.69) is 29.4 Å². The van der Waals surface area contributed by atoms with Crippen molar-refractivity contribution < 1.29 is 0 Å². The lowest BCUT2D eigenvalue weighted by atomic mass is 9.70. The summed E-state index contributed by atoms with van der Waals surface area (Å²) in [5.41, 5.74) is 1.37. The standard InChI is InChI=1S/C19H30N2/c1-15(16-11-13-20-14-12-16)21-19-10-6-5-9-18(19)17-7-3-2-4-8-17/h11-15,17-19,21H,2-10H2,1H3. The Hall–Kier alpha value is -0.890. The Morgan fingerprint density at radius 1 is 0.952 bits per heavy atom. The smallest absolute Gasteiger partial charge is 0.0295 e. The van der Waals surface area contributed by atoms with Gasteiger partial charge in [0.2, 0.25) is 0 Å². The van der Waals surface area contributed by atoms with E-state index in [0.717, 1.165) is 17.9 Å². The molecule has 21 heavy (non-hydrogen) atoms. The molecule has 3 atom stereocenters. The van der Waals surface area contributed by atoms with E-state index in [1.807, 2.05) is 12.4 Å². The molecule has 1 aromatic heterocycles. The topological polar surface area (TPSA) is 24.9 Å². The quantitative estimate of drug-likeness (QED) is 0.854. The van der Waals surface area contributed by atoms with Crippen LogP contribution in [0.5, 0.6) is 0 Å². The number of hydrogen-bond donors (Lipinski definition) is 1. The van der Waals surface area contributed by atoms with Crippen molar-refractivity contribution in [3.05, 3.63) is 30.1 Å². The van der Waals surface area contributed by atoms with Crippen LogP contribution in [0, 0.1) is 11.8 Å². The zero-order valence-electron chi connectivity index (χ0n) is 13.4. The molecule has 1 N–H and O–H groups in total. The molecule has 0 bridgehead atoms. The van der Waals surface area contributed by atoms with Gasteiger partial charge in [0.15, 0.2) is 0 Å². The third-order valence-electron chi connectivity index (χ3n) is 5.74. The summed E-state index contributed by atoms with van der Waals surface area (Å²) in [4.78, 5) is 4.14. The summed E-state index contributed by atoms with van der Waals surface area (Å²) < 4.78 is 0. The summed E-state index contributed by atoms with van der Waals surface area (Å²) >= 11 is 0. The fourth-order valence-electron chi connectivity index (χ4n) is 4.56. The summed E-state index contributed by atoms with van der Waals surface area (Å²) in [7, 11) is 0. The molecule has 2 nitrogen and oxygen atoms in total. The molecule has 0 radical (unpaired) electrons. The van der Waals surface area contributed by atoms with Crippen molar-refractivity contribution >= 4 is 0 Å². The molecule has 1 heterocycles. The Morgan fingerprint density at radius 2 is 1.62 bits per heavy atom. The molecular formula is C19H30N2. The van der Waals surface area contributed by atoms with Gasteiger partial charge >= 0.3 is 0 Å². The fourth-order valence-corrected chi connectivity index (χ4v) is 4.56. The number of hydrogen-bond acceptors (Lipinski definition) is 2. The van der Waals surface area contributed by atoms with Gasteiger partial charge in [0.05, 0.1) is 0 Å². The third-order valence-corrected chi connectivity index (χ3v) is 5.74. The Balaban J connectivity index is 1.63. The lowest BCUT2D eigenvalue weighted by molar-refractivity contribution is 0.143. The second kappa shape index (κ2) is 7.40. The van der Waals surface area contributed by atoms with E-state index < -0.39 is 0 Å². The molecule has 0 aliphatic heterocycles. The molecule has 3 rings (SSSR count). The maximum Gasteiger partial charge on any atom is 0.0295 e. The van der Waals surface area contributed by atoms with Gasteiger partial charge in [0, 0.05) is 24.5 Å². The normalized spacial score (nSPS) is 29.2. The minimum Gasteiger partial charge on any atom is -0.307 e. The highest BCUT2D eigenvalue weighted by molar-refractivity contribution is 5.14. The van der Waals surface area contributed by atoms with Crippen molar-refractivity contribution in [2.45, 2.75) is 76.8 Å². The fraction of sp³-hybridized carbons (Fsp3) is 0.737. The summed E-state index contributed by atoms with van der Waals surface area (Å²) in [5.74, 6) is 1.91. The molecule has 2 aliphatic rings. The van der Waals surface area contributed by atoms with Gasteiger partial charge in [-0.25, -0.2) is 0 Å². The number of nitrogens with zero attached hydrogens (tertiary/aromatic N) is 1. The first kappa shape index (κ1) is 15.0. The molecule has 2 heteroatoms. The van der Waals surface area contributed by atoms with E-state index in [-0.39, 0.29) is 0 Å². The van der Waals surface area contributed by atoms with E-state index in [4.69, 9.17) is 0 Å². The Bertz CT molecular complexity index is 411.